The number of nitrogens with one attached hydrogen (secondary N) is 1. The van der Waals surface area contributed by atoms with Crippen molar-refractivity contribution < 1.29 is 22.3 Å². The average molecular weight is 329 g/mol. The van der Waals surface area contributed by atoms with Crippen molar-refractivity contribution in [2.24, 2.45) is 0 Å². The summed E-state index contributed by atoms with van der Waals surface area (Å²) < 4.78 is 53.4. The molecule has 0 aliphatic rings. The molecule has 0 spiro atoms. The van der Waals surface area contributed by atoms with Crippen LogP contribution in [0.2, 0.25) is 0 Å². The third-order valence-electron chi connectivity index (χ3n) is 3.03. The molecule has 0 radical (unpaired) electrons. The second kappa shape index (κ2) is 7.26. The SMILES string of the molecule is CC(F)c1cncnc1NCCc1ccc(OC(F)(F)F)cc1. The minimum atomic E-state index is -4.70. The number of alkyl halides is 4. The summed E-state index contributed by atoms with van der Waals surface area (Å²) in [6.45, 7) is 1.85. The molecule has 0 saturated carbocycles. The fourth-order valence-electron chi connectivity index (χ4n) is 1.96. The van der Waals surface area contributed by atoms with Crippen molar-refractivity contribution in [1.82, 2.24) is 9.97 Å². The molecule has 0 aliphatic heterocycles. The molecule has 0 fully saturated rings. The van der Waals surface area contributed by atoms with Gasteiger partial charge in [0.25, 0.3) is 0 Å². The zero-order chi connectivity index (χ0) is 16.9. The van der Waals surface area contributed by atoms with Crippen LogP contribution in [0.1, 0.15) is 24.2 Å². The summed E-state index contributed by atoms with van der Waals surface area (Å²) in [5.41, 5.74) is 1.18. The second-order valence-electron chi connectivity index (χ2n) is 4.81. The van der Waals surface area contributed by atoms with E-state index in [2.05, 4.69) is 20.0 Å². The molecule has 4 nitrogen and oxygen atoms in total. The van der Waals surface area contributed by atoms with Crippen molar-refractivity contribution in [3.8, 4) is 5.75 Å². The van der Waals surface area contributed by atoms with E-state index in [4.69, 9.17) is 0 Å². The molecule has 23 heavy (non-hydrogen) atoms. The van der Waals surface area contributed by atoms with Gasteiger partial charge in [0.2, 0.25) is 0 Å². The number of halogens is 4. The van der Waals surface area contributed by atoms with E-state index in [1.807, 2.05) is 0 Å². The Hall–Kier alpha value is -2.38. The molecule has 124 valence electrons. The topological polar surface area (TPSA) is 47.0 Å². The Morgan fingerprint density at radius 3 is 2.52 bits per heavy atom. The van der Waals surface area contributed by atoms with Gasteiger partial charge in [-0.3, -0.25) is 0 Å². The van der Waals surface area contributed by atoms with Crippen LogP contribution in [0.3, 0.4) is 0 Å². The number of nitrogens with zero attached hydrogens (tertiary/aromatic N) is 2. The number of ether oxygens (including phenoxy) is 1. The normalized spacial score (nSPS) is 12.7. The first-order valence-corrected chi connectivity index (χ1v) is 6.87. The first-order valence-electron chi connectivity index (χ1n) is 6.87. The van der Waals surface area contributed by atoms with E-state index in [0.29, 0.717) is 24.3 Å². The molecule has 1 atom stereocenters. The average Bonchev–Trinajstić information content (AvgIpc) is 2.48. The first-order chi connectivity index (χ1) is 10.8. The van der Waals surface area contributed by atoms with Gasteiger partial charge in [0, 0.05) is 18.3 Å². The van der Waals surface area contributed by atoms with E-state index < -0.39 is 12.5 Å². The zero-order valence-electron chi connectivity index (χ0n) is 12.3. The van der Waals surface area contributed by atoms with Crippen LogP contribution in [0.4, 0.5) is 23.4 Å². The van der Waals surface area contributed by atoms with Crippen molar-refractivity contribution in [1.29, 1.82) is 0 Å². The number of hydrogen-bond acceptors (Lipinski definition) is 4. The Morgan fingerprint density at radius 1 is 1.22 bits per heavy atom. The predicted molar refractivity (Wildman–Crippen MR) is 76.9 cm³/mol. The highest BCUT2D eigenvalue weighted by Gasteiger charge is 2.30. The van der Waals surface area contributed by atoms with Crippen LogP contribution < -0.4 is 10.1 Å². The van der Waals surface area contributed by atoms with Gasteiger partial charge in [0.05, 0.1) is 0 Å². The summed E-state index contributed by atoms with van der Waals surface area (Å²) in [4.78, 5) is 7.75. The van der Waals surface area contributed by atoms with E-state index in [-0.39, 0.29) is 5.75 Å². The van der Waals surface area contributed by atoms with Gasteiger partial charge in [-0.05, 0) is 31.0 Å². The molecule has 1 aromatic carbocycles. The fraction of sp³-hybridized carbons (Fsp3) is 0.333. The second-order valence-corrected chi connectivity index (χ2v) is 4.81. The van der Waals surface area contributed by atoms with Crippen molar-refractivity contribution in [2.75, 3.05) is 11.9 Å². The lowest BCUT2D eigenvalue weighted by Crippen LogP contribution is -2.17. The summed E-state index contributed by atoms with van der Waals surface area (Å²) in [5, 5.41) is 2.99. The molecule has 0 aliphatic carbocycles. The standard InChI is InChI=1S/C15H15F4N3O/c1-10(16)13-8-20-9-22-14(13)21-7-6-11-2-4-12(5-3-11)23-15(17,18)19/h2-5,8-10H,6-7H2,1H3,(H,20,21,22). The maximum Gasteiger partial charge on any atom is 0.573 e. The molecule has 8 heteroatoms. The minimum Gasteiger partial charge on any atom is -0.406 e. The highest BCUT2D eigenvalue weighted by atomic mass is 19.4. The summed E-state index contributed by atoms with van der Waals surface area (Å²) in [5.74, 6) is 0.144. The van der Waals surface area contributed by atoms with Gasteiger partial charge >= 0.3 is 6.36 Å². The highest BCUT2D eigenvalue weighted by molar-refractivity contribution is 5.43. The van der Waals surface area contributed by atoms with Crippen molar-refractivity contribution in [3.05, 3.63) is 47.9 Å². The molecule has 1 heterocycles. The Bertz CT molecular complexity index is 629. The number of hydrogen-bond donors (Lipinski definition) is 1. The summed E-state index contributed by atoms with van der Waals surface area (Å²) in [6, 6.07) is 5.59. The number of anilines is 1. The smallest absolute Gasteiger partial charge is 0.406 e. The van der Waals surface area contributed by atoms with Gasteiger partial charge < -0.3 is 10.1 Å². The van der Waals surface area contributed by atoms with Gasteiger partial charge in [-0.1, -0.05) is 12.1 Å². The van der Waals surface area contributed by atoms with Crippen LogP contribution in [0.5, 0.6) is 5.75 Å². The quantitative estimate of drug-likeness (QED) is 0.812. The predicted octanol–water partition coefficient (Wildman–Crippen LogP) is 4.06. The van der Waals surface area contributed by atoms with Crippen LogP contribution in [0.15, 0.2) is 36.8 Å². The third-order valence-corrected chi connectivity index (χ3v) is 3.03. The Balaban J connectivity index is 1.90. The molecule has 2 aromatic rings. The van der Waals surface area contributed by atoms with Crippen LogP contribution in [0, 0.1) is 0 Å². The van der Waals surface area contributed by atoms with Gasteiger partial charge in [0.15, 0.2) is 0 Å². The van der Waals surface area contributed by atoms with Crippen LogP contribution in [0.25, 0.3) is 0 Å². The molecule has 1 N–H and O–H groups in total. The van der Waals surface area contributed by atoms with Crippen LogP contribution in [-0.4, -0.2) is 22.9 Å². The Kier molecular flexibility index (Phi) is 5.36. The summed E-state index contributed by atoms with van der Waals surface area (Å²) >= 11 is 0. The first kappa shape index (κ1) is 17.0. The van der Waals surface area contributed by atoms with E-state index in [1.54, 1.807) is 12.1 Å². The molecule has 2 rings (SSSR count). The lowest BCUT2D eigenvalue weighted by Gasteiger charge is -2.11. The molecular weight excluding hydrogens is 314 g/mol. The molecule has 0 bridgehead atoms. The third kappa shape index (κ3) is 5.39. The Labute approximate surface area is 130 Å². The molecular formula is C15H15F4N3O. The van der Waals surface area contributed by atoms with E-state index in [9.17, 15) is 17.6 Å². The fourth-order valence-corrected chi connectivity index (χ4v) is 1.96. The number of rotatable bonds is 6. The minimum absolute atomic E-state index is 0.265. The highest BCUT2D eigenvalue weighted by Crippen LogP contribution is 2.23. The molecule has 1 unspecified atom stereocenters. The van der Waals surface area contributed by atoms with E-state index in [0.717, 1.165) is 5.56 Å². The summed E-state index contributed by atoms with van der Waals surface area (Å²) in [6.07, 6.45) is -2.63. The monoisotopic (exact) mass is 329 g/mol. The largest absolute Gasteiger partial charge is 0.573 e. The van der Waals surface area contributed by atoms with Crippen molar-refractivity contribution in [3.63, 3.8) is 0 Å². The van der Waals surface area contributed by atoms with E-state index >= 15 is 0 Å². The lowest BCUT2D eigenvalue weighted by molar-refractivity contribution is -0.274. The summed E-state index contributed by atoms with van der Waals surface area (Å²) in [7, 11) is 0. The van der Waals surface area contributed by atoms with Crippen LogP contribution in [-0.2, 0) is 6.42 Å². The van der Waals surface area contributed by atoms with Crippen LogP contribution >= 0.6 is 0 Å². The van der Waals surface area contributed by atoms with Gasteiger partial charge in [-0.15, -0.1) is 13.2 Å². The van der Waals surface area contributed by atoms with Gasteiger partial charge in [0.1, 0.15) is 24.1 Å². The molecule has 1 aromatic heterocycles. The molecule has 0 saturated heterocycles. The number of aromatic nitrogens is 2. The van der Waals surface area contributed by atoms with Gasteiger partial charge in [-0.25, -0.2) is 14.4 Å². The Morgan fingerprint density at radius 2 is 1.91 bits per heavy atom. The van der Waals surface area contributed by atoms with Gasteiger partial charge in [-0.2, -0.15) is 0 Å². The maximum absolute atomic E-state index is 13.4. The van der Waals surface area contributed by atoms with E-state index in [1.165, 1.54) is 31.6 Å². The maximum atomic E-state index is 13.4. The lowest BCUT2D eigenvalue weighted by atomic mass is 10.1. The molecule has 0 amide bonds. The zero-order valence-corrected chi connectivity index (χ0v) is 12.3. The van der Waals surface area contributed by atoms with Crippen molar-refractivity contribution >= 4 is 5.82 Å². The number of benzene rings is 1. The van der Waals surface area contributed by atoms with Crippen molar-refractivity contribution in [2.45, 2.75) is 25.9 Å².